The molecule has 28 heavy (non-hydrogen) atoms. The van der Waals surface area contributed by atoms with Crippen molar-refractivity contribution in [3.63, 3.8) is 0 Å². The third-order valence-corrected chi connectivity index (χ3v) is 5.64. The Balaban J connectivity index is 2.43. The van der Waals surface area contributed by atoms with Crippen molar-refractivity contribution in [1.82, 2.24) is 14.5 Å². The summed E-state index contributed by atoms with van der Waals surface area (Å²) in [5, 5.41) is 0.613. The first-order valence-electron chi connectivity index (χ1n) is 10.7. The molecule has 0 N–H and O–H groups in total. The normalized spacial score (nSPS) is 13.5. The topological polar surface area (TPSA) is 55.2 Å². The summed E-state index contributed by atoms with van der Waals surface area (Å²) in [6, 6.07) is 7.17. The Morgan fingerprint density at radius 3 is 2.46 bits per heavy atom. The molecular formula is C23H35N3O2. The van der Waals surface area contributed by atoms with Crippen molar-refractivity contribution < 1.29 is 4.79 Å². The van der Waals surface area contributed by atoms with Crippen LogP contribution >= 0.6 is 0 Å². The Labute approximate surface area is 168 Å². The van der Waals surface area contributed by atoms with Crippen LogP contribution in [0.1, 0.15) is 78.1 Å². The number of hydrogen-bond acceptors (Lipinski definition) is 3. The molecule has 0 fully saturated rings. The molecule has 0 unspecified atom stereocenters. The number of amides is 1. The molecule has 5 heteroatoms. The minimum absolute atomic E-state index is 0.0386. The van der Waals surface area contributed by atoms with Gasteiger partial charge in [-0.15, -0.1) is 0 Å². The second-order valence-corrected chi connectivity index (χ2v) is 7.66. The molecule has 0 bridgehead atoms. The highest BCUT2D eigenvalue weighted by molar-refractivity contribution is 5.80. The van der Waals surface area contributed by atoms with Gasteiger partial charge in [0.25, 0.3) is 5.56 Å². The average molecular weight is 386 g/mol. The summed E-state index contributed by atoms with van der Waals surface area (Å²) in [5.41, 5.74) is 0.627. The first-order chi connectivity index (χ1) is 13.5. The first-order valence-corrected chi connectivity index (χ1v) is 10.7. The van der Waals surface area contributed by atoms with Crippen LogP contribution in [0.4, 0.5) is 0 Å². The smallest absolute Gasteiger partial charge is 0.261 e. The van der Waals surface area contributed by atoms with E-state index in [1.54, 1.807) is 17.7 Å². The highest BCUT2D eigenvalue weighted by Gasteiger charge is 2.29. The van der Waals surface area contributed by atoms with Gasteiger partial charge in [0.05, 0.1) is 16.9 Å². The van der Waals surface area contributed by atoms with Crippen molar-refractivity contribution in [1.29, 1.82) is 0 Å². The van der Waals surface area contributed by atoms with Gasteiger partial charge < -0.3 is 4.90 Å². The fraction of sp³-hybridized carbons (Fsp3) is 0.609. The number of benzene rings is 1. The van der Waals surface area contributed by atoms with E-state index in [4.69, 9.17) is 4.98 Å². The summed E-state index contributed by atoms with van der Waals surface area (Å²) < 4.78 is 1.60. The summed E-state index contributed by atoms with van der Waals surface area (Å²) in [6.45, 7) is 9.07. The summed E-state index contributed by atoms with van der Waals surface area (Å²) >= 11 is 0. The van der Waals surface area contributed by atoms with Crippen LogP contribution in [-0.4, -0.2) is 26.9 Å². The Hall–Kier alpha value is -2.17. The van der Waals surface area contributed by atoms with Crippen LogP contribution in [0.2, 0.25) is 0 Å². The summed E-state index contributed by atoms with van der Waals surface area (Å²) in [5.74, 6) is 0.884. The van der Waals surface area contributed by atoms with Crippen LogP contribution in [0.15, 0.2) is 29.1 Å². The minimum atomic E-state index is -0.239. The molecule has 0 saturated heterocycles. The minimum Gasteiger partial charge on any atom is -0.333 e. The van der Waals surface area contributed by atoms with E-state index in [0.29, 0.717) is 23.3 Å². The van der Waals surface area contributed by atoms with Crippen LogP contribution in [-0.2, 0) is 11.8 Å². The number of rotatable bonds is 10. The van der Waals surface area contributed by atoms with E-state index in [1.807, 2.05) is 30.0 Å². The molecule has 1 heterocycles. The number of aromatic nitrogens is 2. The van der Waals surface area contributed by atoms with Crippen molar-refractivity contribution in [2.45, 2.75) is 72.3 Å². The fourth-order valence-corrected chi connectivity index (χ4v) is 3.76. The van der Waals surface area contributed by atoms with Gasteiger partial charge in [-0.1, -0.05) is 52.2 Å². The van der Waals surface area contributed by atoms with E-state index >= 15 is 0 Å². The van der Waals surface area contributed by atoms with E-state index in [2.05, 4.69) is 20.8 Å². The van der Waals surface area contributed by atoms with Gasteiger partial charge in [0, 0.05) is 19.5 Å². The summed E-state index contributed by atoms with van der Waals surface area (Å²) in [6.07, 6.45) is 5.89. The number of hydrogen-bond donors (Lipinski definition) is 0. The molecule has 0 aliphatic carbocycles. The van der Waals surface area contributed by atoms with Gasteiger partial charge in [0.2, 0.25) is 5.91 Å². The third kappa shape index (κ3) is 4.81. The zero-order valence-corrected chi connectivity index (χ0v) is 18.1. The zero-order chi connectivity index (χ0) is 20.7. The number of unbranched alkanes of at least 4 members (excludes halogenated alkanes) is 2. The molecule has 0 aliphatic rings. The summed E-state index contributed by atoms with van der Waals surface area (Å²) in [7, 11) is 1.75. The number of fused-ring (bicyclic) bond motifs is 1. The predicted octanol–water partition coefficient (Wildman–Crippen LogP) is 4.84. The van der Waals surface area contributed by atoms with Gasteiger partial charge >= 0.3 is 0 Å². The molecule has 1 aromatic heterocycles. The van der Waals surface area contributed by atoms with Crippen LogP contribution in [0.5, 0.6) is 0 Å². The van der Waals surface area contributed by atoms with Crippen molar-refractivity contribution in [2.75, 3.05) is 6.54 Å². The molecule has 1 aromatic carbocycles. The lowest BCUT2D eigenvalue weighted by atomic mass is 9.96. The number of para-hydroxylation sites is 1. The van der Waals surface area contributed by atoms with Gasteiger partial charge in [-0.2, -0.15) is 0 Å². The van der Waals surface area contributed by atoms with E-state index in [9.17, 15) is 9.59 Å². The Bertz CT molecular complexity index is 843. The van der Waals surface area contributed by atoms with E-state index in [0.717, 1.165) is 38.5 Å². The van der Waals surface area contributed by atoms with Crippen LogP contribution in [0.25, 0.3) is 10.9 Å². The first kappa shape index (κ1) is 22.1. The molecule has 0 spiro atoms. The third-order valence-electron chi connectivity index (χ3n) is 5.64. The molecular weight excluding hydrogens is 350 g/mol. The Morgan fingerprint density at radius 1 is 1.14 bits per heavy atom. The van der Waals surface area contributed by atoms with Gasteiger partial charge in [0.15, 0.2) is 0 Å². The highest BCUT2D eigenvalue weighted by Crippen LogP contribution is 2.25. The largest absolute Gasteiger partial charge is 0.333 e. The number of carbonyl (C=O) groups excluding carboxylic acids is 1. The van der Waals surface area contributed by atoms with Gasteiger partial charge in [-0.25, -0.2) is 4.98 Å². The van der Waals surface area contributed by atoms with Crippen molar-refractivity contribution in [3.8, 4) is 0 Å². The molecule has 2 rings (SSSR count). The molecule has 5 nitrogen and oxygen atoms in total. The van der Waals surface area contributed by atoms with E-state index < -0.39 is 0 Å². The average Bonchev–Trinajstić information content (AvgIpc) is 2.71. The molecule has 0 aliphatic heterocycles. The zero-order valence-electron chi connectivity index (χ0n) is 18.1. The lowest BCUT2D eigenvalue weighted by Gasteiger charge is -2.33. The molecule has 0 saturated carbocycles. The standard InChI is InChI=1S/C23H35N3O2/c1-6-9-13-18(8-3)22(27)26(16-10-7-2)17(4)21-24-20-15-12-11-14-19(20)23(28)25(21)5/h11-12,14-15,17-18H,6-10,13,16H2,1-5H3/t17-,18-/m0/s1. The monoisotopic (exact) mass is 385 g/mol. The maximum Gasteiger partial charge on any atom is 0.261 e. The summed E-state index contributed by atoms with van der Waals surface area (Å²) in [4.78, 5) is 32.9. The quantitative estimate of drug-likeness (QED) is 0.588. The fourth-order valence-electron chi connectivity index (χ4n) is 3.76. The molecule has 2 aromatic rings. The molecule has 0 radical (unpaired) electrons. The Morgan fingerprint density at radius 2 is 1.82 bits per heavy atom. The maximum atomic E-state index is 13.4. The highest BCUT2D eigenvalue weighted by atomic mass is 16.2. The molecule has 1 amide bonds. The molecule has 154 valence electrons. The maximum absolute atomic E-state index is 13.4. The van der Waals surface area contributed by atoms with E-state index in [1.165, 1.54) is 0 Å². The van der Waals surface area contributed by atoms with E-state index in [-0.39, 0.29) is 23.4 Å². The van der Waals surface area contributed by atoms with Crippen molar-refractivity contribution in [3.05, 3.63) is 40.4 Å². The lowest BCUT2D eigenvalue weighted by molar-refractivity contribution is -0.138. The Kier molecular flexibility index (Phi) is 8.21. The van der Waals surface area contributed by atoms with Gasteiger partial charge in [-0.05, 0) is 38.3 Å². The van der Waals surface area contributed by atoms with Crippen LogP contribution in [0.3, 0.4) is 0 Å². The van der Waals surface area contributed by atoms with Gasteiger partial charge in [0.1, 0.15) is 5.82 Å². The second-order valence-electron chi connectivity index (χ2n) is 7.66. The van der Waals surface area contributed by atoms with Crippen LogP contribution in [0, 0.1) is 5.92 Å². The van der Waals surface area contributed by atoms with Crippen molar-refractivity contribution in [2.24, 2.45) is 13.0 Å². The van der Waals surface area contributed by atoms with Crippen molar-refractivity contribution >= 4 is 16.8 Å². The predicted molar refractivity (Wildman–Crippen MR) is 115 cm³/mol. The SMILES string of the molecule is CCCC[C@H](CC)C(=O)N(CCCC)[C@@H](C)c1nc2ccccc2c(=O)n1C. The lowest BCUT2D eigenvalue weighted by Crippen LogP contribution is -2.41. The number of carbonyl (C=O) groups is 1. The second kappa shape index (κ2) is 10.4. The van der Waals surface area contributed by atoms with Gasteiger partial charge in [-0.3, -0.25) is 14.2 Å². The number of nitrogens with zero attached hydrogens (tertiary/aromatic N) is 3. The van der Waals surface area contributed by atoms with Crippen LogP contribution < -0.4 is 5.56 Å². The molecule has 2 atom stereocenters.